The Morgan fingerprint density at radius 2 is 1.29 bits per heavy atom. The molecule has 0 radical (unpaired) electrons. The molecule has 6 rings (SSSR count). The first-order valence-electron chi connectivity index (χ1n) is 21.1. The SMILES string of the molecule is CN=Cc1cncc(COc2cc(OCc3cccc(-c4cccc(COc5cc(OCc6cncc(C#N)c6)c(CN[C@H](C(=O)O)[C@@H](C)[C@H](C)O)cc5Cl)c4C)c3C)c(Cl)cc2CO)c1. The van der Waals surface area contributed by atoms with Crippen LogP contribution in [0, 0.1) is 31.1 Å². The van der Waals surface area contributed by atoms with Gasteiger partial charge in [0.25, 0.3) is 0 Å². The van der Waals surface area contributed by atoms with Gasteiger partial charge >= 0.3 is 5.97 Å². The molecule has 0 saturated heterocycles. The Kier molecular flexibility index (Phi) is 17.1. The van der Waals surface area contributed by atoms with Crippen molar-refractivity contribution in [3.8, 4) is 40.2 Å². The number of hydrogen-bond acceptors (Lipinski definition) is 12. The first kappa shape index (κ1) is 48.9. The van der Waals surface area contributed by atoms with Crippen molar-refractivity contribution >= 4 is 35.4 Å². The highest BCUT2D eigenvalue weighted by Crippen LogP contribution is 2.37. The van der Waals surface area contributed by atoms with E-state index in [0.29, 0.717) is 50.3 Å². The highest BCUT2D eigenvalue weighted by atomic mass is 35.5. The Morgan fingerprint density at radius 1 is 0.758 bits per heavy atom. The molecule has 0 aliphatic carbocycles. The molecule has 4 N–H and O–H groups in total. The molecule has 0 saturated carbocycles. The Morgan fingerprint density at radius 3 is 1.82 bits per heavy atom. The molecule has 2 aromatic heterocycles. The summed E-state index contributed by atoms with van der Waals surface area (Å²) >= 11 is 13.5. The van der Waals surface area contributed by atoms with E-state index in [2.05, 4.69) is 38.5 Å². The highest BCUT2D eigenvalue weighted by Gasteiger charge is 2.28. The third-order valence-corrected chi connectivity index (χ3v) is 11.8. The zero-order chi connectivity index (χ0) is 47.3. The van der Waals surface area contributed by atoms with Crippen LogP contribution in [0.15, 0.2) is 103 Å². The predicted molar refractivity (Wildman–Crippen MR) is 253 cm³/mol. The molecule has 66 heavy (non-hydrogen) atoms. The number of aliphatic hydroxyl groups is 2. The fourth-order valence-corrected chi connectivity index (χ4v) is 7.71. The van der Waals surface area contributed by atoms with E-state index in [1.807, 2.05) is 44.2 Å². The summed E-state index contributed by atoms with van der Waals surface area (Å²) in [5, 5.41) is 43.2. The van der Waals surface area contributed by atoms with E-state index in [0.717, 1.165) is 44.5 Å². The number of nitriles is 1. The van der Waals surface area contributed by atoms with Gasteiger partial charge in [-0.05, 0) is 78.4 Å². The Hall–Kier alpha value is -6.53. The third-order valence-electron chi connectivity index (χ3n) is 11.2. The summed E-state index contributed by atoms with van der Waals surface area (Å²) in [5.41, 5.74) is 9.69. The quantitative estimate of drug-likeness (QED) is 0.0502. The van der Waals surface area contributed by atoms with Crippen molar-refractivity contribution < 1.29 is 39.1 Å². The van der Waals surface area contributed by atoms with Crippen molar-refractivity contribution in [2.24, 2.45) is 10.9 Å². The van der Waals surface area contributed by atoms with Crippen LogP contribution in [0.3, 0.4) is 0 Å². The molecule has 0 fully saturated rings. The lowest BCUT2D eigenvalue weighted by Crippen LogP contribution is -2.45. The van der Waals surface area contributed by atoms with Gasteiger partial charge in [-0.3, -0.25) is 25.1 Å². The predicted octanol–water partition coefficient (Wildman–Crippen LogP) is 9.36. The molecule has 342 valence electrons. The summed E-state index contributed by atoms with van der Waals surface area (Å²) in [5.74, 6) is -0.112. The smallest absolute Gasteiger partial charge is 0.321 e. The second kappa shape index (κ2) is 23.1. The van der Waals surface area contributed by atoms with Crippen LogP contribution in [-0.4, -0.2) is 56.7 Å². The number of carbonyl (C=O) groups is 1. The van der Waals surface area contributed by atoms with Gasteiger partial charge in [0.1, 0.15) is 61.5 Å². The molecule has 3 atom stereocenters. The summed E-state index contributed by atoms with van der Waals surface area (Å²) in [6.07, 6.45) is 7.33. The van der Waals surface area contributed by atoms with Gasteiger partial charge in [0.15, 0.2) is 0 Å². The van der Waals surface area contributed by atoms with Crippen LogP contribution in [0.2, 0.25) is 10.0 Å². The first-order chi connectivity index (χ1) is 31.8. The summed E-state index contributed by atoms with van der Waals surface area (Å²) in [6.45, 7) is 7.73. The monoisotopic (exact) mass is 931 g/mol. The van der Waals surface area contributed by atoms with E-state index in [4.69, 9.17) is 42.1 Å². The van der Waals surface area contributed by atoms with Crippen molar-refractivity contribution in [3.05, 3.63) is 163 Å². The summed E-state index contributed by atoms with van der Waals surface area (Å²) in [4.78, 5) is 24.6. The topological polar surface area (TPSA) is 189 Å². The number of nitrogens with zero attached hydrogens (tertiary/aromatic N) is 4. The summed E-state index contributed by atoms with van der Waals surface area (Å²) < 4.78 is 25.0. The number of carboxylic acids is 1. The number of rotatable bonds is 21. The molecule has 6 aromatic rings. The zero-order valence-corrected chi connectivity index (χ0v) is 38.7. The van der Waals surface area contributed by atoms with Crippen LogP contribution in [0.1, 0.15) is 69.5 Å². The summed E-state index contributed by atoms with van der Waals surface area (Å²) in [7, 11) is 1.69. The van der Waals surface area contributed by atoms with Gasteiger partial charge in [-0.2, -0.15) is 5.26 Å². The standard InChI is InChI=1S/C51H51Cl2N5O8/c1-30(33(4)60)50(51(61)62)58-24-40-14-44(52)48(16-46(40)63-26-36-12-34(18-54)20-56-22-36)65-28-38-8-6-10-42(31(38)2)43-11-7-9-39(32(43)3)29-66-49-17-47(41(25-59)15-45(49)53)64-27-37-13-35(19-55-5)21-57-23-37/h6-17,19-23,30,33,50,58-60H,24-29H2,1-5H3,(H,61,62)/t30-,33-,50-/m0/s1. The number of aliphatic imine (C=N–C) groups is 1. The van der Waals surface area contributed by atoms with Crippen LogP contribution in [-0.2, 0) is 44.4 Å². The highest BCUT2D eigenvalue weighted by molar-refractivity contribution is 6.32. The van der Waals surface area contributed by atoms with Crippen LogP contribution < -0.4 is 24.3 Å². The Labute approximate surface area is 394 Å². The number of halogens is 2. The van der Waals surface area contributed by atoms with Crippen molar-refractivity contribution in [1.29, 1.82) is 5.26 Å². The molecule has 13 nitrogen and oxygen atoms in total. The molecule has 0 amide bonds. The molecular formula is C51H51Cl2N5O8. The number of benzene rings is 4. The van der Waals surface area contributed by atoms with Crippen LogP contribution in [0.25, 0.3) is 11.1 Å². The maximum absolute atomic E-state index is 12.1. The van der Waals surface area contributed by atoms with Gasteiger partial charge in [0.2, 0.25) is 0 Å². The number of aliphatic hydroxyl groups excluding tert-OH is 2. The average molecular weight is 933 g/mol. The zero-order valence-electron chi connectivity index (χ0n) is 37.2. The first-order valence-corrected chi connectivity index (χ1v) is 21.8. The molecule has 2 heterocycles. The molecule has 0 bridgehead atoms. The molecule has 0 spiro atoms. The van der Waals surface area contributed by atoms with Gasteiger partial charge in [0, 0.05) is 90.5 Å². The fraction of sp³-hybridized carbons (Fsp3) is 0.275. The van der Waals surface area contributed by atoms with Crippen molar-refractivity contribution in [3.63, 3.8) is 0 Å². The van der Waals surface area contributed by atoms with Gasteiger partial charge in [-0.15, -0.1) is 0 Å². The molecular weight excluding hydrogens is 881 g/mol. The van der Waals surface area contributed by atoms with E-state index in [1.54, 1.807) is 76.0 Å². The second-order valence-electron chi connectivity index (χ2n) is 15.8. The molecule has 15 heteroatoms. The lowest BCUT2D eigenvalue weighted by molar-refractivity contribution is -0.142. The van der Waals surface area contributed by atoms with Gasteiger partial charge in [-0.1, -0.05) is 66.5 Å². The molecule has 0 aliphatic rings. The van der Waals surface area contributed by atoms with E-state index < -0.39 is 24.0 Å². The summed E-state index contributed by atoms with van der Waals surface area (Å²) in [6, 6.07) is 23.3. The van der Waals surface area contributed by atoms with Gasteiger partial charge < -0.3 is 34.3 Å². The van der Waals surface area contributed by atoms with Gasteiger partial charge in [-0.25, -0.2) is 0 Å². The Bertz CT molecular complexity index is 2740. The van der Waals surface area contributed by atoms with Crippen molar-refractivity contribution in [2.45, 2.75) is 79.4 Å². The number of nitrogens with one attached hydrogen (secondary N) is 1. The van der Waals surface area contributed by atoms with E-state index in [1.165, 1.54) is 6.20 Å². The number of carboxylic acid groups (broad SMARTS) is 1. The fourth-order valence-electron chi connectivity index (χ4n) is 7.23. The van der Waals surface area contributed by atoms with Crippen LogP contribution >= 0.6 is 23.2 Å². The number of ether oxygens (including phenoxy) is 4. The lowest BCUT2D eigenvalue weighted by Gasteiger charge is -2.24. The normalized spacial score (nSPS) is 12.6. The maximum atomic E-state index is 12.1. The number of aliphatic carboxylic acids is 1. The van der Waals surface area contributed by atoms with Crippen LogP contribution in [0.5, 0.6) is 23.0 Å². The lowest BCUT2D eigenvalue weighted by atomic mass is 9.92. The maximum Gasteiger partial charge on any atom is 0.321 e. The van der Waals surface area contributed by atoms with E-state index in [-0.39, 0.29) is 44.6 Å². The largest absolute Gasteiger partial charge is 0.488 e. The minimum Gasteiger partial charge on any atom is -0.488 e. The number of aromatic nitrogens is 2. The third kappa shape index (κ3) is 12.4. The minimum atomic E-state index is -1.10. The minimum absolute atomic E-state index is 0.0619. The Balaban J connectivity index is 1.19. The van der Waals surface area contributed by atoms with E-state index in [9.17, 15) is 25.4 Å². The van der Waals surface area contributed by atoms with Crippen molar-refractivity contribution in [1.82, 2.24) is 15.3 Å². The van der Waals surface area contributed by atoms with Crippen molar-refractivity contribution in [2.75, 3.05) is 7.05 Å². The average Bonchev–Trinajstić information content (AvgIpc) is 3.31. The molecule has 4 aromatic carbocycles. The number of hydrogen-bond donors (Lipinski definition) is 4. The second-order valence-corrected chi connectivity index (χ2v) is 16.6. The molecule has 0 unspecified atom stereocenters. The number of pyridine rings is 2. The van der Waals surface area contributed by atoms with E-state index >= 15 is 0 Å². The molecule has 0 aliphatic heterocycles. The van der Waals surface area contributed by atoms with Gasteiger partial charge in [0.05, 0.1) is 28.3 Å². The van der Waals surface area contributed by atoms with Crippen LogP contribution in [0.4, 0.5) is 0 Å².